The molecule has 88 valence electrons. The number of rotatable bonds is 0. The zero-order chi connectivity index (χ0) is 12.1. The van der Waals surface area contributed by atoms with Crippen LogP contribution in [0.5, 0.6) is 11.5 Å². The van der Waals surface area contributed by atoms with E-state index < -0.39 is 0 Å². The van der Waals surface area contributed by atoms with E-state index >= 15 is 0 Å². The Morgan fingerprint density at radius 3 is 2.59 bits per heavy atom. The number of hydrogen-bond acceptors (Lipinski definition) is 4. The molecule has 0 aliphatic carbocycles. The molecule has 0 unspecified atom stereocenters. The van der Waals surface area contributed by atoms with E-state index in [1.54, 1.807) is 30.7 Å². The van der Waals surface area contributed by atoms with Gasteiger partial charge in [0.15, 0.2) is 0 Å². The molecular weight excluding hydrogens is 220 g/mol. The number of benzene rings is 1. The minimum absolute atomic E-state index is 0.194. The highest BCUT2D eigenvalue weighted by molar-refractivity contribution is 5.86. The number of phenolic OH excluding ortho intramolecular Hbond substituents is 1. The largest absolute Gasteiger partial charge is 0.508 e. The lowest BCUT2D eigenvalue weighted by molar-refractivity contribution is 0.172. The van der Waals surface area contributed by atoms with Crippen molar-refractivity contribution in [3.8, 4) is 11.5 Å². The molecule has 2 heterocycles. The number of phenols is 1. The second-order valence-corrected chi connectivity index (χ2v) is 3.33. The van der Waals surface area contributed by atoms with Crippen molar-refractivity contribution in [3.63, 3.8) is 0 Å². The van der Waals surface area contributed by atoms with E-state index in [0.29, 0.717) is 0 Å². The number of H-pyrrole nitrogens is 1. The van der Waals surface area contributed by atoms with E-state index in [2.05, 4.69) is 15.3 Å². The minimum atomic E-state index is 0.194. The third-order valence-electron chi connectivity index (χ3n) is 2.13. The van der Waals surface area contributed by atoms with E-state index in [1.807, 2.05) is 6.08 Å². The van der Waals surface area contributed by atoms with Crippen molar-refractivity contribution < 1.29 is 15.1 Å². The number of allylic oxidation sites excluding steroid dienone is 2. The Bertz CT molecular complexity index is 546. The summed E-state index contributed by atoms with van der Waals surface area (Å²) in [5.74, 6) is 0.402. The Morgan fingerprint density at radius 2 is 2.00 bits per heavy atom. The lowest BCUT2D eigenvalue weighted by Gasteiger charge is -1.97. The summed E-state index contributed by atoms with van der Waals surface area (Å²) in [6, 6.07) is 4.77. The Kier molecular flexibility index (Phi) is 3.20. The first-order chi connectivity index (χ1) is 8.27. The fourth-order valence-electron chi connectivity index (χ4n) is 1.36. The SMILES string of the molecule is C1=CNOC=C1.Oc1ccc2c(O)c[nH]c2c1. The van der Waals surface area contributed by atoms with Gasteiger partial charge in [0.25, 0.3) is 0 Å². The van der Waals surface area contributed by atoms with E-state index in [-0.39, 0.29) is 11.5 Å². The Balaban J connectivity index is 0.000000153. The van der Waals surface area contributed by atoms with Crippen LogP contribution in [-0.4, -0.2) is 15.2 Å². The molecule has 3 rings (SSSR count). The van der Waals surface area contributed by atoms with Gasteiger partial charge in [0.2, 0.25) is 0 Å². The number of hydrogen-bond donors (Lipinski definition) is 4. The number of fused-ring (bicyclic) bond motifs is 1. The lowest BCUT2D eigenvalue weighted by atomic mass is 10.2. The fourth-order valence-corrected chi connectivity index (χ4v) is 1.36. The number of hydroxylamine groups is 1. The van der Waals surface area contributed by atoms with Crippen molar-refractivity contribution in [1.29, 1.82) is 0 Å². The molecular formula is C12H12N2O3. The van der Waals surface area contributed by atoms with Crippen LogP contribution in [-0.2, 0) is 4.84 Å². The summed E-state index contributed by atoms with van der Waals surface area (Å²) >= 11 is 0. The highest BCUT2D eigenvalue weighted by Crippen LogP contribution is 2.26. The predicted octanol–water partition coefficient (Wildman–Crippen LogP) is 2.13. The van der Waals surface area contributed by atoms with Crippen molar-refractivity contribution in [2.45, 2.75) is 0 Å². The van der Waals surface area contributed by atoms with Crippen LogP contribution in [0.4, 0.5) is 0 Å². The summed E-state index contributed by atoms with van der Waals surface area (Å²) in [5.41, 5.74) is 3.26. The van der Waals surface area contributed by atoms with Crippen LogP contribution in [0.3, 0.4) is 0 Å². The molecule has 5 heteroatoms. The van der Waals surface area contributed by atoms with Gasteiger partial charge >= 0.3 is 0 Å². The first-order valence-corrected chi connectivity index (χ1v) is 4.99. The summed E-state index contributed by atoms with van der Waals surface area (Å²) in [5, 5.41) is 19.0. The summed E-state index contributed by atoms with van der Waals surface area (Å²) in [4.78, 5) is 7.37. The molecule has 0 atom stereocenters. The molecule has 0 radical (unpaired) electrons. The van der Waals surface area contributed by atoms with Crippen LogP contribution < -0.4 is 5.48 Å². The maximum atomic E-state index is 9.19. The van der Waals surface area contributed by atoms with Gasteiger partial charge in [-0.05, 0) is 24.3 Å². The second-order valence-electron chi connectivity index (χ2n) is 3.33. The Hall–Kier alpha value is -2.56. The normalized spacial score (nSPS) is 12.5. The monoisotopic (exact) mass is 232 g/mol. The van der Waals surface area contributed by atoms with Gasteiger partial charge < -0.3 is 20.0 Å². The first-order valence-electron chi connectivity index (χ1n) is 4.99. The van der Waals surface area contributed by atoms with Gasteiger partial charge in [0.1, 0.15) is 17.8 Å². The van der Waals surface area contributed by atoms with Gasteiger partial charge in [-0.3, -0.25) is 0 Å². The molecule has 1 aromatic heterocycles. The third-order valence-corrected chi connectivity index (χ3v) is 2.13. The first kappa shape index (κ1) is 10.9. The number of aromatic hydroxyl groups is 2. The van der Waals surface area contributed by atoms with Gasteiger partial charge in [-0.25, -0.2) is 5.48 Å². The molecule has 0 bridgehead atoms. The Labute approximate surface area is 97.6 Å². The molecule has 4 N–H and O–H groups in total. The van der Waals surface area contributed by atoms with E-state index in [1.165, 1.54) is 12.3 Å². The van der Waals surface area contributed by atoms with Crippen LogP contribution >= 0.6 is 0 Å². The minimum Gasteiger partial charge on any atom is -0.508 e. The van der Waals surface area contributed by atoms with Crippen LogP contribution in [0, 0.1) is 0 Å². The summed E-state index contributed by atoms with van der Waals surface area (Å²) < 4.78 is 0. The average Bonchev–Trinajstić information content (AvgIpc) is 2.73. The molecule has 17 heavy (non-hydrogen) atoms. The predicted molar refractivity (Wildman–Crippen MR) is 64.1 cm³/mol. The van der Waals surface area contributed by atoms with E-state index in [9.17, 15) is 5.11 Å². The average molecular weight is 232 g/mol. The maximum absolute atomic E-state index is 9.19. The van der Waals surface area contributed by atoms with Crippen molar-refractivity contribution in [2.24, 2.45) is 0 Å². The molecule has 1 aromatic carbocycles. The smallest absolute Gasteiger partial charge is 0.140 e. The van der Waals surface area contributed by atoms with Crippen LogP contribution in [0.25, 0.3) is 10.9 Å². The molecule has 0 saturated carbocycles. The standard InChI is InChI=1S/C8H7NO2.C4H5NO/c10-5-1-2-6-7(3-5)9-4-8(6)11;1-2-4-6-5-3-1/h1-4,9-11H;1-5H. The summed E-state index contributed by atoms with van der Waals surface area (Å²) in [6.45, 7) is 0. The van der Waals surface area contributed by atoms with Crippen molar-refractivity contribution in [1.82, 2.24) is 10.5 Å². The van der Waals surface area contributed by atoms with Gasteiger partial charge in [0.05, 0.1) is 5.52 Å². The van der Waals surface area contributed by atoms with Crippen LogP contribution in [0.1, 0.15) is 0 Å². The zero-order valence-electron chi connectivity index (χ0n) is 8.92. The summed E-state index contributed by atoms with van der Waals surface area (Å²) in [6.07, 6.45) is 8.42. The van der Waals surface area contributed by atoms with E-state index in [0.717, 1.165) is 10.9 Å². The molecule has 0 fully saturated rings. The molecule has 1 aliphatic heterocycles. The molecule has 1 aliphatic rings. The van der Waals surface area contributed by atoms with E-state index in [4.69, 9.17) is 5.11 Å². The fraction of sp³-hybridized carbons (Fsp3) is 0. The lowest BCUT2D eigenvalue weighted by Crippen LogP contribution is -2.01. The number of nitrogens with one attached hydrogen (secondary N) is 2. The number of aromatic amines is 1. The number of aromatic nitrogens is 1. The Morgan fingerprint density at radius 1 is 1.12 bits per heavy atom. The van der Waals surface area contributed by atoms with Gasteiger partial charge in [0, 0.05) is 23.8 Å². The highest BCUT2D eigenvalue weighted by atomic mass is 16.6. The molecule has 2 aromatic rings. The van der Waals surface area contributed by atoms with Gasteiger partial charge in [-0.2, -0.15) is 0 Å². The summed E-state index contributed by atoms with van der Waals surface area (Å²) in [7, 11) is 0. The van der Waals surface area contributed by atoms with Gasteiger partial charge in [-0.1, -0.05) is 0 Å². The van der Waals surface area contributed by atoms with Crippen LogP contribution in [0.15, 0.2) is 49.0 Å². The van der Waals surface area contributed by atoms with Crippen molar-refractivity contribution >= 4 is 10.9 Å². The highest BCUT2D eigenvalue weighted by Gasteiger charge is 2.00. The van der Waals surface area contributed by atoms with Gasteiger partial charge in [-0.15, -0.1) is 0 Å². The molecule has 0 saturated heterocycles. The maximum Gasteiger partial charge on any atom is 0.140 e. The second kappa shape index (κ2) is 4.98. The third kappa shape index (κ3) is 2.72. The van der Waals surface area contributed by atoms with Crippen molar-refractivity contribution in [2.75, 3.05) is 0 Å². The quantitative estimate of drug-likeness (QED) is 0.561. The molecule has 5 nitrogen and oxygen atoms in total. The topological polar surface area (TPSA) is 77.5 Å². The van der Waals surface area contributed by atoms with Crippen LogP contribution in [0.2, 0.25) is 0 Å². The molecule has 0 spiro atoms. The molecule has 0 amide bonds. The van der Waals surface area contributed by atoms with Crippen molar-refractivity contribution in [3.05, 3.63) is 49.0 Å². The zero-order valence-corrected chi connectivity index (χ0v) is 8.92.